The zero-order valence-corrected chi connectivity index (χ0v) is 14.9. The number of carbonyl (C=O) groups is 2. The molecule has 0 bridgehead atoms. The first-order chi connectivity index (χ1) is 10.1. The third-order valence-electron chi connectivity index (χ3n) is 4.09. The molecule has 1 aliphatic rings. The van der Waals surface area contributed by atoms with Crippen LogP contribution in [0.15, 0.2) is 0 Å². The van der Waals surface area contributed by atoms with Gasteiger partial charge in [0, 0.05) is 45.1 Å². The summed E-state index contributed by atoms with van der Waals surface area (Å²) in [5.74, 6) is 0.344. The molecule has 22 heavy (non-hydrogen) atoms. The second-order valence-corrected chi connectivity index (χ2v) is 5.85. The summed E-state index contributed by atoms with van der Waals surface area (Å²) in [6.07, 6.45) is 5.62. The van der Waals surface area contributed by atoms with Crippen molar-refractivity contribution in [2.24, 2.45) is 5.73 Å². The van der Waals surface area contributed by atoms with Gasteiger partial charge in [0.25, 0.3) is 0 Å². The van der Waals surface area contributed by atoms with Crippen molar-refractivity contribution in [3.05, 3.63) is 0 Å². The van der Waals surface area contributed by atoms with Gasteiger partial charge in [-0.2, -0.15) is 0 Å². The van der Waals surface area contributed by atoms with E-state index in [-0.39, 0.29) is 30.3 Å². The van der Waals surface area contributed by atoms with Gasteiger partial charge in [-0.05, 0) is 32.1 Å². The summed E-state index contributed by atoms with van der Waals surface area (Å²) in [5, 5.41) is 0. The van der Waals surface area contributed by atoms with Crippen LogP contribution >= 0.6 is 12.4 Å². The van der Waals surface area contributed by atoms with Gasteiger partial charge in [0.2, 0.25) is 11.8 Å². The van der Waals surface area contributed by atoms with Crippen LogP contribution in [0, 0.1) is 0 Å². The Kier molecular flexibility index (Phi) is 11.3. The Bertz CT molecular complexity index is 333. The minimum absolute atomic E-state index is 0. The number of hydrogen-bond acceptors (Lipinski definition) is 3. The number of nitrogens with two attached hydrogens (primary N) is 1. The summed E-state index contributed by atoms with van der Waals surface area (Å²) in [6.45, 7) is 7.18. The molecular formula is C16H32ClN3O2. The van der Waals surface area contributed by atoms with E-state index in [0.717, 1.165) is 45.3 Å². The Hall–Kier alpha value is -0.810. The maximum atomic E-state index is 12.2. The van der Waals surface area contributed by atoms with E-state index >= 15 is 0 Å². The van der Waals surface area contributed by atoms with Crippen LogP contribution in [0.1, 0.15) is 58.8 Å². The molecule has 0 aliphatic carbocycles. The van der Waals surface area contributed by atoms with Crippen molar-refractivity contribution in [1.29, 1.82) is 0 Å². The van der Waals surface area contributed by atoms with Crippen molar-refractivity contribution in [3.63, 3.8) is 0 Å². The van der Waals surface area contributed by atoms with E-state index in [1.807, 2.05) is 9.80 Å². The van der Waals surface area contributed by atoms with Crippen molar-refractivity contribution in [3.8, 4) is 0 Å². The van der Waals surface area contributed by atoms with Gasteiger partial charge in [-0.3, -0.25) is 9.59 Å². The molecule has 5 nitrogen and oxygen atoms in total. The number of carbonyl (C=O) groups excluding carboxylic acids is 2. The molecule has 6 heteroatoms. The molecule has 2 N–H and O–H groups in total. The normalized spacial score (nSPS) is 17.2. The molecule has 1 unspecified atom stereocenters. The molecule has 130 valence electrons. The molecule has 1 fully saturated rings. The first-order valence-electron chi connectivity index (χ1n) is 8.41. The SMILES string of the molecule is CCCN(CCC)C(=O)CCCC(=O)N1CCCC1CN.Cl. The first-order valence-corrected chi connectivity index (χ1v) is 8.41. The molecule has 0 aromatic rings. The number of nitrogens with zero attached hydrogens (tertiary/aromatic N) is 2. The van der Waals surface area contributed by atoms with Crippen LogP contribution in [0.25, 0.3) is 0 Å². The lowest BCUT2D eigenvalue weighted by atomic mass is 10.1. The Morgan fingerprint density at radius 3 is 2.36 bits per heavy atom. The zero-order chi connectivity index (χ0) is 15.7. The van der Waals surface area contributed by atoms with Gasteiger partial charge < -0.3 is 15.5 Å². The molecule has 2 amide bonds. The highest BCUT2D eigenvalue weighted by Gasteiger charge is 2.27. The number of likely N-dealkylation sites (tertiary alicyclic amines) is 1. The second kappa shape index (κ2) is 11.7. The number of halogens is 1. The quantitative estimate of drug-likeness (QED) is 0.703. The third-order valence-corrected chi connectivity index (χ3v) is 4.09. The van der Waals surface area contributed by atoms with Gasteiger partial charge in [-0.15, -0.1) is 12.4 Å². The molecule has 0 saturated carbocycles. The average molecular weight is 334 g/mol. The highest BCUT2D eigenvalue weighted by molar-refractivity contribution is 5.85. The van der Waals surface area contributed by atoms with E-state index in [4.69, 9.17) is 5.73 Å². The van der Waals surface area contributed by atoms with Gasteiger partial charge in [0.15, 0.2) is 0 Å². The molecule has 1 aliphatic heterocycles. The van der Waals surface area contributed by atoms with Gasteiger partial charge in [0.05, 0.1) is 0 Å². The predicted molar refractivity (Wildman–Crippen MR) is 92.1 cm³/mol. The number of rotatable bonds is 9. The Morgan fingerprint density at radius 1 is 1.18 bits per heavy atom. The summed E-state index contributed by atoms with van der Waals surface area (Å²) in [5.41, 5.74) is 5.69. The standard InChI is InChI=1S/C16H31N3O2.ClH/c1-3-10-18(11-4-2)15(20)8-5-9-16(21)19-12-6-7-14(19)13-17;/h14H,3-13,17H2,1-2H3;1H. The average Bonchev–Trinajstić information content (AvgIpc) is 2.95. The maximum absolute atomic E-state index is 12.2. The zero-order valence-electron chi connectivity index (χ0n) is 14.1. The maximum Gasteiger partial charge on any atom is 0.222 e. The van der Waals surface area contributed by atoms with Crippen molar-refractivity contribution in [1.82, 2.24) is 9.80 Å². The van der Waals surface area contributed by atoms with Crippen LogP contribution in [0.4, 0.5) is 0 Å². The molecule has 1 rings (SSSR count). The van der Waals surface area contributed by atoms with E-state index in [1.165, 1.54) is 0 Å². The van der Waals surface area contributed by atoms with Gasteiger partial charge in [0.1, 0.15) is 0 Å². The van der Waals surface area contributed by atoms with E-state index in [2.05, 4.69) is 13.8 Å². The molecule has 0 radical (unpaired) electrons. The molecule has 1 heterocycles. The Labute approximate surface area is 141 Å². The molecular weight excluding hydrogens is 302 g/mol. The summed E-state index contributed by atoms with van der Waals surface area (Å²) in [7, 11) is 0. The fourth-order valence-electron chi connectivity index (χ4n) is 3.00. The Morgan fingerprint density at radius 2 is 1.82 bits per heavy atom. The first kappa shape index (κ1) is 21.2. The summed E-state index contributed by atoms with van der Waals surface area (Å²) in [6, 6.07) is 0.213. The van der Waals surface area contributed by atoms with Gasteiger partial charge in [-0.1, -0.05) is 13.8 Å². The van der Waals surface area contributed by atoms with E-state index in [9.17, 15) is 9.59 Å². The van der Waals surface area contributed by atoms with E-state index in [0.29, 0.717) is 25.8 Å². The summed E-state index contributed by atoms with van der Waals surface area (Å²) in [4.78, 5) is 28.1. The van der Waals surface area contributed by atoms with Crippen LogP contribution in [0.5, 0.6) is 0 Å². The summed E-state index contributed by atoms with van der Waals surface area (Å²) >= 11 is 0. The van der Waals surface area contributed by atoms with Crippen LogP contribution in [-0.2, 0) is 9.59 Å². The van der Waals surface area contributed by atoms with Crippen LogP contribution in [-0.4, -0.2) is 53.8 Å². The van der Waals surface area contributed by atoms with Crippen molar-refractivity contribution >= 4 is 24.2 Å². The highest BCUT2D eigenvalue weighted by atomic mass is 35.5. The molecule has 0 spiro atoms. The third kappa shape index (κ3) is 6.53. The van der Waals surface area contributed by atoms with Crippen molar-refractivity contribution < 1.29 is 9.59 Å². The molecule has 1 atom stereocenters. The van der Waals surface area contributed by atoms with Gasteiger partial charge >= 0.3 is 0 Å². The van der Waals surface area contributed by atoms with Crippen LogP contribution < -0.4 is 5.73 Å². The smallest absolute Gasteiger partial charge is 0.222 e. The minimum atomic E-state index is 0. The largest absolute Gasteiger partial charge is 0.343 e. The monoisotopic (exact) mass is 333 g/mol. The minimum Gasteiger partial charge on any atom is -0.343 e. The number of hydrogen-bond donors (Lipinski definition) is 1. The molecule has 0 aromatic carbocycles. The second-order valence-electron chi connectivity index (χ2n) is 5.85. The summed E-state index contributed by atoms with van der Waals surface area (Å²) < 4.78 is 0. The Balaban J connectivity index is 0.00000441. The van der Waals surface area contributed by atoms with Crippen molar-refractivity contribution in [2.75, 3.05) is 26.2 Å². The lowest BCUT2D eigenvalue weighted by Crippen LogP contribution is -2.40. The lowest BCUT2D eigenvalue weighted by Gasteiger charge is -2.24. The van der Waals surface area contributed by atoms with Crippen LogP contribution in [0.3, 0.4) is 0 Å². The molecule has 1 saturated heterocycles. The fourth-order valence-corrected chi connectivity index (χ4v) is 3.00. The highest BCUT2D eigenvalue weighted by Crippen LogP contribution is 2.18. The van der Waals surface area contributed by atoms with Crippen LogP contribution in [0.2, 0.25) is 0 Å². The van der Waals surface area contributed by atoms with E-state index in [1.54, 1.807) is 0 Å². The topological polar surface area (TPSA) is 66.6 Å². The van der Waals surface area contributed by atoms with E-state index < -0.39 is 0 Å². The predicted octanol–water partition coefficient (Wildman–Crippen LogP) is 2.18. The van der Waals surface area contributed by atoms with Crippen molar-refractivity contribution in [2.45, 2.75) is 64.8 Å². The fraction of sp³-hybridized carbons (Fsp3) is 0.875. The molecule has 0 aromatic heterocycles. The van der Waals surface area contributed by atoms with Gasteiger partial charge in [-0.25, -0.2) is 0 Å². The number of amides is 2. The lowest BCUT2D eigenvalue weighted by molar-refractivity contribution is -0.133.